The number of aromatic nitrogens is 6. The lowest BCUT2D eigenvalue weighted by Gasteiger charge is -2.12. The fourth-order valence-corrected chi connectivity index (χ4v) is 16.2. The largest absolute Gasteiger partial charge is 0.437 e. The van der Waals surface area contributed by atoms with Crippen LogP contribution in [0.1, 0.15) is 11.1 Å². The van der Waals surface area contributed by atoms with Crippen molar-refractivity contribution in [3.8, 4) is 68.8 Å². The van der Waals surface area contributed by atoms with Crippen LogP contribution in [0.5, 0.6) is 0 Å². The van der Waals surface area contributed by atoms with Gasteiger partial charge in [0.1, 0.15) is 10.4 Å². The third-order valence-electron chi connectivity index (χ3n) is 18.5. The van der Waals surface area contributed by atoms with E-state index in [9.17, 15) is 10.5 Å². The van der Waals surface area contributed by atoms with Gasteiger partial charge >= 0.3 is 0 Å². The van der Waals surface area contributed by atoms with Crippen molar-refractivity contribution in [3.63, 3.8) is 0 Å². The van der Waals surface area contributed by atoms with Crippen molar-refractivity contribution in [2.45, 2.75) is 0 Å². The van der Waals surface area contributed by atoms with Gasteiger partial charge in [0.25, 0.3) is 0 Å². The summed E-state index contributed by atoms with van der Waals surface area (Å²) in [6.45, 7) is 0. The summed E-state index contributed by atoms with van der Waals surface area (Å²) in [4.78, 5) is 22.0. The molecule has 0 aliphatic rings. The molecule has 9 nitrogen and oxygen atoms in total. The standard InChI is InChI=1S/C45H24N4OS.C39H22N4S/c46-25-26-8-7-11-27(20-26)30-17-19-39-36(22-30)42-44(49-37-14-5-3-12-32(37)35-21-28-9-1-2-10-29(28)23-38(35)49)47-43(48-45(42)50-39)31-16-18-34-33-13-4-6-15-40(33)51-41(34)24-31;40-23-24-14-16-25(17-15-24)29-18-19-31-35(22-29)44-39-36(31)38(41-37(42-39)26-8-2-1-3-9-26)43-33-13-7-6-12-30(33)32-20-27-10-4-5-11-28(27)21-34(32)43/h1-24H;1-22H. The van der Waals surface area contributed by atoms with Crippen molar-refractivity contribution in [2.24, 2.45) is 0 Å². The minimum atomic E-state index is 0.524. The Hall–Kier alpha value is -12.6. The quantitative estimate of drug-likeness (QED) is 0.162. The molecule has 11 heteroatoms. The van der Waals surface area contributed by atoms with Crippen molar-refractivity contribution < 1.29 is 4.42 Å². The van der Waals surface area contributed by atoms with Gasteiger partial charge < -0.3 is 4.42 Å². The van der Waals surface area contributed by atoms with Gasteiger partial charge in [-0.1, -0.05) is 188 Å². The van der Waals surface area contributed by atoms with Crippen molar-refractivity contribution in [2.75, 3.05) is 0 Å². The molecular weight excluding hydrogens is 1200 g/mol. The maximum absolute atomic E-state index is 9.60. The number of hydrogen-bond acceptors (Lipinski definition) is 9. The molecule has 0 radical (unpaired) electrons. The number of nitrogens with zero attached hydrogens (tertiary/aromatic N) is 8. The van der Waals surface area contributed by atoms with Gasteiger partial charge in [-0.2, -0.15) is 15.5 Å². The van der Waals surface area contributed by atoms with Gasteiger partial charge in [-0.25, -0.2) is 15.0 Å². The van der Waals surface area contributed by atoms with Gasteiger partial charge in [0, 0.05) is 68.3 Å². The van der Waals surface area contributed by atoms with Gasteiger partial charge in [0.05, 0.1) is 56.1 Å². The highest BCUT2D eigenvalue weighted by Gasteiger charge is 2.25. The molecule has 0 spiro atoms. The Labute approximate surface area is 549 Å². The Morgan fingerprint density at radius 1 is 0.305 bits per heavy atom. The fourth-order valence-electron chi connectivity index (χ4n) is 14.0. The maximum Gasteiger partial charge on any atom is 0.233 e. The second-order valence-corrected chi connectivity index (χ2v) is 26.0. The van der Waals surface area contributed by atoms with E-state index in [-0.39, 0.29) is 0 Å². The van der Waals surface area contributed by atoms with Gasteiger partial charge in [-0.15, -0.1) is 22.7 Å². The average molecular weight is 1250 g/mol. The molecule has 0 aliphatic carbocycles. The first kappa shape index (κ1) is 54.1. The van der Waals surface area contributed by atoms with Crippen LogP contribution in [0.25, 0.3) is 184 Å². The van der Waals surface area contributed by atoms with Crippen LogP contribution in [0.2, 0.25) is 0 Å². The minimum absolute atomic E-state index is 0.524. The predicted octanol–water partition coefficient (Wildman–Crippen LogP) is 22.5. The third kappa shape index (κ3) is 8.80. The summed E-state index contributed by atoms with van der Waals surface area (Å²) < 4.78 is 14.8. The first-order valence-corrected chi connectivity index (χ1v) is 32.9. The average Bonchev–Trinajstić information content (AvgIpc) is 1.58. The molecule has 0 unspecified atom stereocenters. The van der Waals surface area contributed by atoms with Crippen LogP contribution in [-0.2, 0) is 0 Å². The highest BCUT2D eigenvalue weighted by Crippen LogP contribution is 2.45. The zero-order valence-corrected chi connectivity index (χ0v) is 52.0. The molecule has 7 aromatic heterocycles. The highest BCUT2D eigenvalue weighted by atomic mass is 32.1. The Kier molecular flexibility index (Phi) is 12.2. The molecular formula is C84H46N8OS2. The van der Waals surface area contributed by atoms with Gasteiger partial charge in [0.2, 0.25) is 5.71 Å². The first-order valence-electron chi connectivity index (χ1n) is 31.3. The zero-order valence-electron chi connectivity index (χ0n) is 50.4. The molecule has 0 saturated carbocycles. The first-order chi connectivity index (χ1) is 46.9. The van der Waals surface area contributed by atoms with E-state index in [1.54, 1.807) is 22.7 Å². The number of benzene rings is 13. The lowest BCUT2D eigenvalue weighted by atomic mass is 10.0. The van der Waals surface area contributed by atoms with Gasteiger partial charge in [-0.05, 0) is 135 Å². The molecule has 0 fully saturated rings. The lowest BCUT2D eigenvalue weighted by molar-refractivity contribution is 0.653. The fraction of sp³-hybridized carbons (Fsp3) is 0. The van der Waals surface area contributed by atoms with E-state index in [2.05, 4.69) is 221 Å². The van der Waals surface area contributed by atoms with Crippen LogP contribution >= 0.6 is 22.7 Å². The summed E-state index contributed by atoms with van der Waals surface area (Å²) in [5, 5.41) is 34.7. The van der Waals surface area contributed by atoms with Crippen molar-refractivity contribution in [1.82, 2.24) is 29.1 Å². The van der Waals surface area contributed by atoms with E-state index in [1.165, 1.54) is 47.1 Å². The number of para-hydroxylation sites is 2. The van der Waals surface area contributed by atoms with Crippen LogP contribution in [0.15, 0.2) is 283 Å². The molecule has 7 heterocycles. The molecule has 20 rings (SSSR count). The summed E-state index contributed by atoms with van der Waals surface area (Å²) in [6, 6.07) is 101. The van der Waals surface area contributed by atoms with E-state index < -0.39 is 0 Å². The smallest absolute Gasteiger partial charge is 0.233 e. The van der Waals surface area contributed by atoms with Crippen molar-refractivity contribution in [3.05, 3.63) is 290 Å². The summed E-state index contributed by atoms with van der Waals surface area (Å²) >= 11 is 3.48. The number of furan rings is 1. The number of rotatable bonds is 6. The second kappa shape index (κ2) is 21.5. The van der Waals surface area contributed by atoms with E-state index in [4.69, 9.17) is 24.4 Å². The van der Waals surface area contributed by atoms with Gasteiger partial charge in [0.15, 0.2) is 23.3 Å². The van der Waals surface area contributed by atoms with E-state index in [0.29, 0.717) is 28.5 Å². The van der Waals surface area contributed by atoms with Crippen LogP contribution in [0.4, 0.5) is 0 Å². The van der Waals surface area contributed by atoms with E-state index >= 15 is 0 Å². The SMILES string of the molecule is N#Cc1ccc(-c2ccc3c(c2)sc2nc(-c4ccccc4)nc(-n4c5ccccc5c5cc6ccccc6cc54)c23)cc1.N#Cc1cccc(-c2ccc3oc4nc(-c5ccc6c(c5)sc5ccccc56)nc(-n5c6ccccc6c6cc7ccccc7cc65)c4c3c2)c1. The monoisotopic (exact) mass is 1250 g/mol. The van der Waals surface area contributed by atoms with Crippen molar-refractivity contribution in [1.29, 1.82) is 10.5 Å². The summed E-state index contributed by atoms with van der Waals surface area (Å²) in [5.74, 6) is 2.95. The summed E-state index contributed by atoms with van der Waals surface area (Å²) in [7, 11) is 0. The molecule has 95 heavy (non-hydrogen) atoms. The normalized spacial score (nSPS) is 11.8. The molecule has 0 amide bonds. The van der Waals surface area contributed by atoms with E-state index in [1.807, 2.05) is 78.9 Å². The minimum Gasteiger partial charge on any atom is -0.437 e. The molecule has 440 valence electrons. The lowest BCUT2D eigenvalue weighted by Crippen LogP contribution is -2.02. The van der Waals surface area contributed by atoms with Crippen LogP contribution in [0.3, 0.4) is 0 Å². The Bertz CT molecular complexity index is 6700. The molecule has 0 aliphatic heterocycles. The molecule has 13 aromatic carbocycles. The number of nitriles is 2. The highest BCUT2D eigenvalue weighted by molar-refractivity contribution is 7.26. The Balaban J connectivity index is 0.000000136. The van der Waals surface area contributed by atoms with E-state index in [0.717, 1.165) is 120 Å². The second-order valence-electron chi connectivity index (χ2n) is 23.9. The van der Waals surface area contributed by atoms with Crippen LogP contribution < -0.4 is 0 Å². The molecule has 20 aromatic rings. The number of thiophene rings is 2. The predicted molar refractivity (Wildman–Crippen MR) is 392 cm³/mol. The molecule has 0 N–H and O–H groups in total. The third-order valence-corrected chi connectivity index (χ3v) is 20.7. The van der Waals surface area contributed by atoms with Crippen LogP contribution in [-0.4, -0.2) is 29.1 Å². The Morgan fingerprint density at radius 2 is 0.821 bits per heavy atom. The number of hydrogen-bond donors (Lipinski definition) is 0. The maximum atomic E-state index is 9.60. The molecule has 0 atom stereocenters. The topological polar surface area (TPSA) is 122 Å². The number of fused-ring (bicyclic) bond motifs is 17. The van der Waals surface area contributed by atoms with Gasteiger partial charge in [-0.3, -0.25) is 9.13 Å². The summed E-state index contributed by atoms with van der Waals surface area (Å²) in [6.07, 6.45) is 0. The Morgan fingerprint density at radius 3 is 1.52 bits per heavy atom. The zero-order chi connectivity index (χ0) is 62.8. The molecule has 0 bridgehead atoms. The summed E-state index contributed by atoms with van der Waals surface area (Å²) in [5.41, 5.74) is 12.9. The van der Waals surface area contributed by atoms with Crippen molar-refractivity contribution >= 4 is 150 Å². The molecule has 0 saturated heterocycles. The van der Waals surface area contributed by atoms with Crippen LogP contribution in [0, 0.1) is 22.7 Å².